The van der Waals surface area contributed by atoms with Crippen molar-refractivity contribution in [1.82, 2.24) is 0 Å². The molecular formula is C21H24ClF3O3. The monoisotopic (exact) mass is 415 g/mol. The number of alkyl halides is 4. The lowest BCUT2D eigenvalue weighted by Crippen LogP contribution is -2.27. The number of hydrogen-bond acceptors (Lipinski definition) is 3. The van der Waals surface area contributed by atoms with Gasteiger partial charge in [-0.15, -0.1) is 11.6 Å². The van der Waals surface area contributed by atoms with Gasteiger partial charge in [-0.25, -0.2) is 4.39 Å². The Hall–Kier alpha value is -1.92. The zero-order valence-electron chi connectivity index (χ0n) is 15.8. The second kappa shape index (κ2) is 9.52. The predicted molar refractivity (Wildman–Crippen MR) is 104 cm³/mol. The topological polar surface area (TPSA) is 38.7 Å². The summed E-state index contributed by atoms with van der Waals surface area (Å²) in [5.41, 5.74) is 1.63. The average Bonchev–Trinajstić information content (AvgIpc) is 2.71. The van der Waals surface area contributed by atoms with Crippen LogP contribution in [0, 0.1) is 0 Å². The van der Waals surface area contributed by atoms with Gasteiger partial charge in [0.25, 0.3) is 0 Å². The van der Waals surface area contributed by atoms with Crippen molar-refractivity contribution in [2.75, 3.05) is 25.8 Å². The number of aliphatic hydroxyl groups is 1. The van der Waals surface area contributed by atoms with Crippen LogP contribution in [0.3, 0.4) is 0 Å². The van der Waals surface area contributed by atoms with Crippen LogP contribution in [-0.2, 0) is 5.41 Å². The van der Waals surface area contributed by atoms with Gasteiger partial charge < -0.3 is 14.6 Å². The summed E-state index contributed by atoms with van der Waals surface area (Å²) in [5, 5.41) is 9.44. The highest BCUT2D eigenvalue weighted by Gasteiger charge is 2.30. The smallest absolute Gasteiger partial charge is 0.309 e. The number of rotatable bonds is 10. The molecule has 2 rings (SSSR count). The van der Waals surface area contributed by atoms with Gasteiger partial charge in [0.2, 0.25) is 0 Å². The Bertz CT molecular complexity index is 734. The van der Waals surface area contributed by atoms with Crippen LogP contribution in [0.15, 0.2) is 48.5 Å². The van der Waals surface area contributed by atoms with Crippen LogP contribution < -0.4 is 9.47 Å². The molecule has 0 saturated carbocycles. The molecule has 1 unspecified atom stereocenters. The molecule has 0 aliphatic rings. The lowest BCUT2D eigenvalue weighted by atomic mass is 9.78. The molecule has 3 nitrogen and oxygen atoms in total. The molecule has 0 aromatic heterocycles. The van der Waals surface area contributed by atoms with Crippen LogP contribution in [0.25, 0.3) is 0 Å². The summed E-state index contributed by atoms with van der Waals surface area (Å²) >= 11 is 5.54. The van der Waals surface area contributed by atoms with E-state index < -0.39 is 25.3 Å². The van der Waals surface area contributed by atoms with Crippen molar-refractivity contribution in [2.45, 2.75) is 31.3 Å². The second-order valence-corrected chi connectivity index (χ2v) is 7.38. The van der Waals surface area contributed by atoms with Gasteiger partial charge in [-0.2, -0.15) is 8.78 Å². The van der Waals surface area contributed by atoms with E-state index in [0.717, 1.165) is 11.1 Å². The maximum absolute atomic E-state index is 12.9. The first-order chi connectivity index (χ1) is 13.2. The molecule has 0 heterocycles. The van der Waals surface area contributed by atoms with Crippen molar-refractivity contribution in [3.63, 3.8) is 0 Å². The van der Waals surface area contributed by atoms with E-state index in [-0.39, 0.29) is 23.7 Å². The Morgan fingerprint density at radius 2 is 1.39 bits per heavy atom. The van der Waals surface area contributed by atoms with Crippen molar-refractivity contribution in [2.24, 2.45) is 0 Å². The van der Waals surface area contributed by atoms with Crippen LogP contribution in [0.5, 0.6) is 11.5 Å². The Morgan fingerprint density at radius 3 is 1.82 bits per heavy atom. The average molecular weight is 416 g/mol. The summed E-state index contributed by atoms with van der Waals surface area (Å²) in [4.78, 5) is 0. The molecule has 7 heteroatoms. The van der Waals surface area contributed by atoms with Gasteiger partial charge in [-0.1, -0.05) is 38.1 Å². The van der Waals surface area contributed by atoms with Crippen molar-refractivity contribution in [3.8, 4) is 11.5 Å². The molecule has 28 heavy (non-hydrogen) atoms. The van der Waals surface area contributed by atoms with Crippen LogP contribution in [0.1, 0.15) is 25.0 Å². The summed E-state index contributed by atoms with van der Waals surface area (Å²) in [6.07, 6.45) is -0.719. The minimum Gasteiger partial charge on any atom is -0.491 e. The summed E-state index contributed by atoms with van der Waals surface area (Å²) < 4.78 is 48.5. The molecule has 0 bridgehead atoms. The molecule has 1 N–H and O–H groups in total. The fourth-order valence-electron chi connectivity index (χ4n) is 2.57. The molecule has 0 aliphatic heterocycles. The molecule has 154 valence electrons. The van der Waals surface area contributed by atoms with Gasteiger partial charge >= 0.3 is 5.92 Å². The van der Waals surface area contributed by atoms with Gasteiger partial charge in [0.1, 0.15) is 24.2 Å². The fourth-order valence-corrected chi connectivity index (χ4v) is 2.66. The van der Waals surface area contributed by atoms with Crippen molar-refractivity contribution < 1.29 is 27.8 Å². The Kier molecular flexibility index (Phi) is 7.61. The van der Waals surface area contributed by atoms with Gasteiger partial charge in [-0.3, -0.25) is 0 Å². The van der Waals surface area contributed by atoms with E-state index in [9.17, 15) is 18.3 Å². The van der Waals surface area contributed by atoms with Crippen molar-refractivity contribution in [3.05, 3.63) is 59.7 Å². The molecule has 0 fully saturated rings. The lowest BCUT2D eigenvalue weighted by Gasteiger charge is -2.26. The molecule has 2 aromatic rings. The molecule has 1 atom stereocenters. The van der Waals surface area contributed by atoms with Crippen LogP contribution in [0.2, 0.25) is 0 Å². The maximum Gasteiger partial charge on any atom is 0.309 e. The summed E-state index contributed by atoms with van der Waals surface area (Å²) in [5.74, 6) is -2.49. The van der Waals surface area contributed by atoms with Crippen molar-refractivity contribution in [1.29, 1.82) is 0 Å². The first-order valence-corrected chi connectivity index (χ1v) is 9.36. The Labute approximate surface area is 168 Å². The largest absolute Gasteiger partial charge is 0.491 e. The number of halogens is 4. The quantitative estimate of drug-likeness (QED) is 0.556. The summed E-state index contributed by atoms with van der Waals surface area (Å²) in [7, 11) is 0. The van der Waals surface area contributed by atoms with E-state index in [1.165, 1.54) is 0 Å². The minimum absolute atomic E-state index is 0.107. The minimum atomic E-state index is -3.48. The van der Waals surface area contributed by atoms with E-state index in [4.69, 9.17) is 21.1 Å². The zero-order chi connectivity index (χ0) is 20.8. The third kappa shape index (κ3) is 6.04. The van der Waals surface area contributed by atoms with Gasteiger partial charge in [0, 0.05) is 5.41 Å². The highest BCUT2D eigenvalue weighted by Crippen LogP contribution is 2.33. The highest BCUT2D eigenvalue weighted by atomic mass is 35.5. The highest BCUT2D eigenvalue weighted by molar-refractivity contribution is 6.18. The number of ether oxygens (including phenoxy) is 2. The van der Waals surface area contributed by atoms with Crippen LogP contribution in [0.4, 0.5) is 13.2 Å². The van der Waals surface area contributed by atoms with E-state index in [0.29, 0.717) is 5.75 Å². The molecular weight excluding hydrogens is 392 g/mol. The second-order valence-electron chi connectivity index (χ2n) is 7.07. The zero-order valence-corrected chi connectivity index (χ0v) is 16.6. The first kappa shape index (κ1) is 22.4. The van der Waals surface area contributed by atoms with Crippen LogP contribution >= 0.6 is 11.6 Å². The Morgan fingerprint density at radius 1 is 0.929 bits per heavy atom. The molecule has 2 aromatic carbocycles. The molecule has 0 aliphatic carbocycles. The first-order valence-electron chi connectivity index (χ1n) is 8.82. The molecule has 0 saturated heterocycles. The lowest BCUT2D eigenvalue weighted by molar-refractivity contribution is -0.0584. The molecule has 0 amide bonds. The summed E-state index contributed by atoms with van der Waals surface area (Å²) in [6.45, 7) is 1.45. The SMILES string of the molecule is CC(C)(c1ccc(OCC(O)CCl)cc1)c1ccc(OCC(F)(F)C[18F])cc1. The number of benzene rings is 2. The van der Waals surface area contributed by atoms with Crippen molar-refractivity contribution >= 4 is 11.6 Å². The van der Waals surface area contributed by atoms with Crippen LogP contribution in [-0.4, -0.2) is 42.9 Å². The normalized spacial score (nSPS) is 13.2. The van der Waals surface area contributed by atoms with Gasteiger partial charge in [0.05, 0.1) is 5.88 Å². The van der Waals surface area contributed by atoms with E-state index in [2.05, 4.69) is 0 Å². The number of aliphatic hydroxyl groups excluding tert-OH is 1. The molecule has 0 radical (unpaired) electrons. The van der Waals surface area contributed by atoms with Gasteiger partial charge in [-0.05, 0) is 35.4 Å². The van der Waals surface area contributed by atoms with E-state index in [1.807, 2.05) is 38.1 Å². The van der Waals surface area contributed by atoms with Gasteiger partial charge in [0.15, 0.2) is 13.3 Å². The molecule has 0 spiro atoms. The standard InChI is InChI=1S/C21H24ClF3O3/c1-20(2,15-3-7-18(8-4-15)27-12-17(26)11-22)16-5-9-19(10-6-16)28-14-21(24,25)13-23/h3-10,17,26H,11-14H2,1-2H3/i23-1. The fraction of sp³-hybridized carbons (Fsp3) is 0.429. The Balaban J connectivity index is 2.05. The van der Waals surface area contributed by atoms with E-state index in [1.54, 1.807) is 24.3 Å². The summed E-state index contributed by atoms with van der Waals surface area (Å²) in [6, 6.07) is 14.3. The van der Waals surface area contributed by atoms with E-state index >= 15 is 0 Å². The maximum atomic E-state index is 12.9. The third-order valence-corrected chi connectivity index (χ3v) is 4.77. The predicted octanol–water partition coefficient (Wildman–Crippen LogP) is 4.97. The third-order valence-electron chi connectivity index (χ3n) is 4.42. The number of hydrogen-bond donors (Lipinski definition) is 1.